The monoisotopic (exact) mass is 489 g/mol. The van der Waals surface area contributed by atoms with Gasteiger partial charge in [-0.3, -0.25) is 4.79 Å². The highest BCUT2D eigenvalue weighted by molar-refractivity contribution is 7.89. The number of hydrogen-bond donors (Lipinski definition) is 1. The van der Waals surface area contributed by atoms with E-state index in [0.717, 1.165) is 18.7 Å². The minimum atomic E-state index is -4.49. The standard InChI is InChI=1S/C22H30F3N3O4S/c1-19(2)20(3)6-7-21(19,17(30)10-20)14-33(31,32)28-9-8-27(12-16(28)13-29)18-5-4-15(11-26-18)22(23,24)25/h4-5,11,16,29H,6-10,12-14H2,1-3H3/t16?,20-,21-/m1/s1. The number of rotatable bonds is 5. The first-order valence-corrected chi connectivity index (χ1v) is 12.7. The summed E-state index contributed by atoms with van der Waals surface area (Å²) in [5.41, 5.74) is -2.47. The van der Waals surface area contributed by atoms with Crippen molar-refractivity contribution in [1.82, 2.24) is 9.29 Å². The molecule has 11 heteroatoms. The van der Waals surface area contributed by atoms with E-state index in [0.29, 0.717) is 12.8 Å². The van der Waals surface area contributed by atoms with Gasteiger partial charge in [0.2, 0.25) is 10.0 Å². The van der Waals surface area contributed by atoms with E-state index in [2.05, 4.69) is 11.9 Å². The zero-order valence-corrected chi connectivity index (χ0v) is 19.8. The second-order valence-corrected chi connectivity index (χ2v) is 12.3. The number of fused-ring (bicyclic) bond motifs is 2. The summed E-state index contributed by atoms with van der Waals surface area (Å²) >= 11 is 0. The topological polar surface area (TPSA) is 90.8 Å². The van der Waals surface area contributed by atoms with Crippen LogP contribution in [-0.2, 0) is 21.0 Å². The summed E-state index contributed by atoms with van der Waals surface area (Å²) in [6.07, 6.45) is -2.03. The largest absolute Gasteiger partial charge is 0.417 e. The highest BCUT2D eigenvalue weighted by Gasteiger charge is 2.71. The van der Waals surface area contributed by atoms with Crippen LogP contribution in [0.4, 0.5) is 19.0 Å². The fraction of sp³-hybridized carbons (Fsp3) is 0.727. The quantitative estimate of drug-likeness (QED) is 0.684. The number of Topliss-reactive ketones (excluding diaryl/α,β-unsaturated/α-hetero) is 1. The predicted molar refractivity (Wildman–Crippen MR) is 116 cm³/mol. The van der Waals surface area contributed by atoms with Gasteiger partial charge in [0.1, 0.15) is 11.6 Å². The lowest BCUT2D eigenvalue weighted by Gasteiger charge is -2.43. The molecule has 2 aliphatic carbocycles. The number of nitrogens with zero attached hydrogens (tertiary/aromatic N) is 3. The zero-order valence-electron chi connectivity index (χ0n) is 19.0. The number of anilines is 1. The summed E-state index contributed by atoms with van der Waals surface area (Å²) in [5, 5.41) is 9.96. The minimum Gasteiger partial charge on any atom is -0.395 e. The lowest BCUT2D eigenvalue weighted by Crippen LogP contribution is -2.59. The fourth-order valence-electron chi connectivity index (χ4n) is 6.04. The summed E-state index contributed by atoms with van der Waals surface area (Å²) in [6.45, 7) is 5.94. The molecule has 33 heavy (non-hydrogen) atoms. The van der Waals surface area contributed by atoms with Crippen molar-refractivity contribution in [2.24, 2.45) is 16.2 Å². The van der Waals surface area contributed by atoms with Crippen molar-refractivity contribution in [2.45, 2.75) is 52.3 Å². The molecular weight excluding hydrogens is 459 g/mol. The Morgan fingerprint density at radius 3 is 2.36 bits per heavy atom. The van der Waals surface area contributed by atoms with E-state index in [9.17, 15) is 31.5 Å². The van der Waals surface area contributed by atoms with Crippen LogP contribution in [0.15, 0.2) is 18.3 Å². The number of pyridine rings is 1. The Labute approximate surface area is 192 Å². The smallest absolute Gasteiger partial charge is 0.395 e. The molecule has 1 aromatic rings. The van der Waals surface area contributed by atoms with Gasteiger partial charge in [-0.1, -0.05) is 20.8 Å². The molecule has 2 bridgehead atoms. The third kappa shape index (κ3) is 3.67. The van der Waals surface area contributed by atoms with E-state index in [-0.39, 0.29) is 42.4 Å². The predicted octanol–water partition coefficient (Wildman–Crippen LogP) is 2.70. The summed E-state index contributed by atoms with van der Waals surface area (Å²) in [4.78, 5) is 18.6. The van der Waals surface area contributed by atoms with Crippen LogP contribution in [-0.4, -0.2) is 66.6 Å². The lowest BCUT2D eigenvalue weighted by atomic mass is 9.66. The van der Waals surface area contributed by atoms with Gasteiger partial charge in [0.25, 0.3) is 0 Å². The number of aromatic nitrogens is 1. The third-order valence-corrected chi connectivity index (χ3v) is 10.8. The van der Waals surface area contributed by atoms with Crippen LogP contribution in [0.1, 0.15) is 45.6 Å². The van der Waals surface area contributed by atoms with E-state index < -0.39 is 45.2 Å². The molecule has 3 atom stereocenters. The molecule has 2 heterocycles. The van der Waals surface area contributed by atoms with Crippen molar-refractivity contribution < 1.29 is 31.5 Å². The Balaban J connectivity index is 1.53. The lowest BCUT2D eigenvalue weighted by molar-refractivity contribution is -0.137. The zero-order chi connectivity index (χ0) is 24.4. The highest BCUT2D eigenvalue weighted by Crippen LogP contribution is 2.70. The Bertz CT molecular complexity index is 1040. The highest BCUT2D eigenvalue weighted by atomic mass is 32.2. The van der Waals surface area contributed by atoms with E-state index in [1.807, 2.05) is 13.8 Å². The first-order chi connectivity index (χ1) is 15.2. The molecule has 4 rings (SSSR count). The fourth-order valence-corrected chi connectivity index (χ4v) is 8.44. The molecule has 1 unspecified atom stereocenters. The van der Waals surface area contributed by atoms with E-state index in [1.165, 1.54) is 10.4 Å². The molecule has 1 saturated heterocycles. The van der Waals surface area contributed by atoms with Gasteiger partial charge in [-0.25, -0.2) is 13.4 Å². The van der Waals surface area contributed by atoms with E-state index in [4.69, 9.17) is 0 Å². The van der Waals surface area contributed by atoms with Crippen molar-refractivity contribution in [2.75, 3.05) is 36.9 Å². The average Bonchev–Trinajstić information content (AvgIpc) is 3.01. The number of carbonyl (C=O) groups excluding carboxylic acids is 1. The van der Waals surface area contributed by atoms with Crippen LogP contribution in [0, 0.1) is 16.2 Å². The van der Waals surface area contributed by atoms with Crippen LogP contribution in [0.2, 0.25) is 0 Å². The molecule has 0 aromatic carbocycles. The van der Waals surface area contributed by atoms with Gasteiger partial charge in [0.05, 0.1) is 24.0 Å². The number of sulfonamides is 1. The molecule has 1 aliphatic heterocycles. The number of carbonyl (C=O) groups is 1. The summed E-state index contributed by atoms with van der Waals surface area (Å²) in [5.74, 6) is 0.00455. The molecule has 1 N–H and O–H groups in total. The van der Waals surface area contributed by atoms with Gasteiger partial charge in [0.15, 0.2) is 0 Å². The van der Waals surface area contributed by atoms with E-state index in [1.54, 1.807) is 4.90 Å². The molecule has 1 aromatic heterocycles. The van der Waals surface area contributed by atoms with Crippen LogP contribution in [0.5, 0.6) is 0 Å². The van der Waals surface area contributed by atoms with Crippen molar-refractivity contribution >= 4 is 21.6 Å². The number of aliphatic hydroxyl groups is 1. The van der Waals surface area contributed by atoms with Crippen LogP contribution >= 0.6 is 0 Å². The molecular formula is C22H30F3N3O4S. The second kappa shape index (κ2) is 7.64. The normalized spacial score (nSPS) is 32.5. The van der Waals surface area contributed by atoms with Crippen molar-refractivity contribution in [1.29, 1.82) is 0 Å². The third-order valence-electron chi connectivity index (χ3n) is 8.72. The number of piperazine rings is 1. The van der Waals surface area contributed by atoms with Gasteiger partial charge >= 0.3 is 6.18 Å². The van der Waals surface area contributed by atoms with Gasteiger partial charge in [-0.2, -0.15) is 17.5 Å². The maximum atomic E-state index is 13.5. The average molecular weight is 490 g/mol. The summed E-state index contributed by atoms with van der Waals surface area (Å²) < 4.78 is 66.8. The van der Waals surface area contributed by atoms with E-state index >= 15 is 0 Å². The molecule has 0 spiro atoms. The molecule has 0 amide bonds. The Hall–Kier alpha value is -1.72. The molecule has 3 aliphatic rings. The van der Waals surface area contributed by atoms with Crippen molar-refractivity contribution in [3.63, 3.8) is 0 Å². The molecule has 2 saturated carbocycles. The second-order valence-electron chi connectivity index (χ2n) is 10.4. The molecule has 184 valence electrons. The van der Waals surface area contributed by atoms with Crippen LogP contribution in [0.3, 0.4) is 0 Å². The van der Waals surface area contributed by atoms with Crippen LogP contribution < -0.4 is 4.90 Å². The van der Waals surface area contributed by atoms with Crippen molar-refractivity contribution in [3.8, 4) is 0 Å². The number of alkyl halides is 3. The number of ketones is 1. The number of hydrogen-bond acceptors (Lipinski definition) is 6. The maximum absolute atomic E-state index is 13.5. The summed E-state index contributed by atoms with van der Waals surface area (Å²) in [6, 6.07) is 1.40. The minimum absolute atomic E-state index is 0.00189. The van der Waals surface area contributed by atoms with Crippen LogP contribution in [0.25, 0.3) is 0 Å². The van der Waals surface area contributed by atoms with Gasteiger partial charge in [0, 0.05) is 37.7 Å². The van der Waals surface area contributed by atoms with Crippen molar-refractivity contribution in [3.05, 3.63) is 23.9 Å². The number of halogens is 3. The first-order valence-electron chi connectivity index (χ1n) is 11.1. The first kappa shape index (κ1) is 24.4. The molecule has 3 fully saturated rings. The molecule has 0 radical (unpaired) electrons. The molecule has 7 nitrogen and oxygen atoms in total. The maximum Gasteiger partial charge on any atom is 0.417 e. The van der Waals surface area contributed by atoms with Gasteiger partial charge in [-0.15, -0.1) is 0 Å². The Morgan fingerprint density at radius 2 is 1.88 bits per heavy atom. The Morgan fingerprint density at radius 1 is 1.18 bits per heavy atom. The van der Waals surface area contributed by atoms with Gasteiger partial charge < -0.3 is 10.0 Å². The SMILES string of the molecule is CC1(C)[C@]2(C)CC[C@@]1(CS(=O)(=O)N1CCN(c3ccc(C(F)(F)F)cn3)CC1CO)C(=O)C2. The Kier molecular flexibility index (Phi) is 5.65. The van der Waals surface area contributed by atoms with Gasteiger partial charge in [-0.05, 0) is 35.8 Å². The summed E-state index contributed by atoms with van der Waals surface area (Å²) in [7, 11) is -3.88. The number of aliphatic hydroxyl groups excluding tert-OH is 1.